The second-order valence-corrected chi connectivity index (χ2v) is 7.50. The van der Waals surface area contributed by atoms with Crippen LogP contribution in [0.2, 0.25) is 0 Å². The average Bonchev–Trinajstić information content (AvgIpc) is 3.21. The van der Waals surface area contributed by atoms with E-state index in [4.69, 9.17) is 5.21 Å². The molecule has 0 bridgehead atoms. The van der Waals surface area contributed by atoms with Crippen molar-refractivity contribution in [3.8, 4) is 0 Å². The van der Waals surface area contributed by atoms with Gasteiger partial charge in [-0.3, -0.25) is 14.9 Å². The van der Waals surface area contributed by atoms with Gasteiger partial charge in [0, 0.05) is 30.4 Å². The summed E-state index contributed by atoms with van der Waals surface area (Å²) in [5.41, 5.74) is 4.93. The van der Waals surface area contributed by atoms with Crippen molar-refractivity contribution in [2.24, 2.45) is 0 Å². The van der Waals surface area contributed by atoms with Crippen molar-refractivity contribution in [3.05, 3.63) is 76.7 Å². The number of nitrogens with one attached hydrogen (secondary N) is 1. The fraction of sp³-hybridized carbons (Fsp3) is 0.227. The molecule has 146 valence electrons. The van der Waals surface area contributed by atoms with Crippen LogP contribution in [0.15, 0.2) is 60.0 Å². The Labute approximate surface area is 168 Å². The quantitative estimate of drug-likeness (QED) is 0.294. The van der Waals surface area contributed by atoms with Crippen LogP contribution in [-0.4, -0.2) is 40.8 Å². The SMILES string of the molecule is O=C(/C=C/c1ccc(CN(CCO)CCc2cccc3sccc23)cc1)NO. The van der Waals surface area contributed by atoms with E-state index in [1.165, 1.54) is 21.7 Å². The van der Waals surface area contributed by atoms with E-state index in [0.717, 1.165) is 30.6 Å². The number of amides is 1. The largest absolute Gasteiger partial charge is 0.395 e. The van der Waals surface area contributed by atoms with Gasteiger partial charge in [-0.25, -0.2) is 5.48 Å². The molecule has 0 saturated heterocycles. The molecule has 3 N–H and O–H groups in total. The van der Waals surface area contributed by atoms with Crippen molar-refractivity contribution >= 4 is 33.4 Å². The maximum Gasteiger partial charge on any atom is 0.267 e. The number of hydroxylamine groups is 1. The number of hydrogen-bond donors (Lipinski definition) is 3. The molecular weight excluding hydrogens is 372 g/mol. The van der Waals surface area contributed by atoms with E-state index in [0.29, 0.717) is 6.54 Å². The van der Waals surface area contributed by atoms with Gasteiger partial charge in [-0.05, 0) is 52.1 Å². The van der Waals surface area contributed by atoms with E-state index >= 15 is 0 Å². The van der Waals surface area contributed by atoms with Crippen molar-refractivity contribution in [1.29, 1.82) is 0 Å². The predicted molar refractivity (Wildman–Crippen MR) is 113 cm³/mol. The molecule has 5 nitrogen and oxygen atoms in total. The maximum absolute atomic E-state index is 11.0. The topological polar surface area (TPSA) is 72.8 Å². The highest BCUT2D eigenvalue weighted by Gasteiger charge is 2.08. The van der Waals surface area contributed by atoms with E-state index in [1.54, 1.807) is 22.9 Å². The van der Waals surface area contributed by atoms with Crippen LogP contribution in [0.25, 0.3) is 16.2 Å². The van der Waals surface area contributed by atoms with Crippen LogP contribution in [0.3, 0.4) is 0 Å². The van der Waals surface area contributed by atoms with Crippen LogP contribution in [0.5, 0.6) is 0 Å². The lowest BCUT2D eigenvalue weighted by Gasteiger charge is -2.21. The molecule has 0 spiro atoms. The maximum atomic E-state index is 11.0. The number of aliphatic hydroxyl groups excluding tert-OH is 1. The van der Waals surface area contributed by atoms with Crippen molar-refractivity contribution < 1.29 is 15.1 Å². The molecule has 1 aromatic heterocycles. The fourth-order valence-electron chi connectivity index (χ4n) is 3.17. The van der Waals surface area contributed by atoms with Gasteiger partial charge in [-0.2, -0.15) is 0 Å². The number of benzene rings is 2. The molecule has 3 aromatic rings. The van der Waals surface area contributed by atoms with Gasteiger partial charge in [0.05, 0.1) is 6.61 Å². The fourth-order valence-corrected chi connectivity index (χ4v) is 4.00. The monoisotopic (exact) mass is 396 g/mol. The molecule has 3 rings (SSSR count). The smallest absolute Gasteiger partial charge is 0.267 e. The first kappa shape index (κ1) is 20.2. The Morgan fingerprint density at radius 3 is 2.68 bits per heavy atom. The third-order valence-electron chi connectivity index (χ3n) is 4.62. The van der Waals surface area contributed by atoms with Crippen molar-refractivity contribution in [2.45, 2.75) is 13.0 Å². The van der Waals surface area contributed by atoms with Crippen LogP contribution in [0.1, 0.15) is 16.7 Å². The van der Waals surface area contributed by atoms with Gasteiger partial charge in [0.15, 0.2) is 0 Å². The minimum Gasteiger partial charge on any atom is -0.395 e. The lowest BCUT2D eigenvalue weighted by atomic mass is 10.1. The molecule has 6 heteroatoms. The van der Waals surface area contributed by atoms with Crippen molar-refractivity contribution in [2.75, 3.05) is 19.7 Å². The molecule has 0 fully saturated rings. The molecule has 1 heterocycles. The van der Waals surface area contributed by atoms with E-state index in [-0.39, 0.29) is 6.61 Å². The summed E-state index contributed by atoms with van der Waals surface area (Å²) >= 11 is 1.76. The lowest BCUT2D eigenvalue weighted by molar-refractivity contribution is -0.124. The van der Waals surface area contributed by atoms with Crippen molar-refractivity contribution in [1.82, 2.24) is 10.4 Å². The van der Waals surface area contributed by atoms with Crippen LogP contribution < -0.4 is 5.48 Å². The Morgan fingerprint density at radius 2 is 1.93 bits per heavy atom. The highest BCUT2D eigenvalue weighted by Crippen LogP contribution is 2.24. The van der Waals surface area contributed by atoms with E-state index in [1.807, 2.05) is 24.3 Å². The predicted octanol–water partition coefficient (Wildman–Crippen LogP) is 3.46. The highest BCUT2D eigenvalue weighted by molar-refractivity contribution is 7.17. The summed E-state index contributed by atoms with van der Waals surface area (Å²) in [5.74, 6) is -0.557. The Hall–Kier alpha value is -2.51. The summed E-state index contributed by atoms with van der Waals surface area (Å²) in [6, 6.07) is 16.5. The third-order valence-corrected chi connectivity index (χ3v) is 5.51. The number of nitrogens with zero attached hydrogens (tertiary/aromatic N) is 1. The normalized spacial score (nSPS) is 11.5. The van der Waals surface area contributed by atoms with E-state index in [9.17, 15) is 9.90 Å². The minimum atomic E-state index is -0.557. The van der Waals surface area contributed by atoms with Gasteiger partial charge in [0.25, 0.3) is 5.91 Å². The minimum absolute atomic E-state index is 0.125. The zero-order chi connectivity index (χ0) is 19.8. The Bertz CT molecular complexity index is 934. The zero-order valence-corrected chi connectivity index (χ0v) is 16.4. The summed E-state index contributed by atoms with van der Waals surface area (Å²) in [6.45, 7) is 2.37. The molecule has 0 aliphatic rings. The molecule has 0 saturated carbocycles. The van der Waals surface area contributed by atoms with E-state index in [2.05, 4.69) is 34.5 Å². The summed E-state index contributed by atoms with van der Waals surface area (Å²) in [7, 11) is 0. The van der Waals surface area contributed by atoms with Crippen LogP contribution in [0, 0.1) is 0 Å². The standard InChI is InChI=1S/C22H24N2O3S/c25-14-13-24(12-10-19-2-1-3-21-20(19)11-15-28-21)16-18-6-4-17(5-7-18)8-9-22(26)23-27/h1-9,11,15,25,27H,10,12-14,16H2,(H,23,26)/b9-8+. The number of thiophene rings is 1. The first-order valence-electron chi connectivity index (χ1n) is 9.19. The van der Waals surface area contributed by atoms with Gasteiger partial charge < -0.3 is 5.11 Å². The average molecular weight is 397 g/mol. The number of rotatable bonds is 9. The van der Waals surface area contributed by atoms with Crippen LogP contribution in [0.4, 0.5) is 0 Å². The van der Waals surface area contributed by atoms with Crippen LogP contribution in [-0.2, 0) is 17.8 Å². The number of hydrogen-bond acceptors (Lipinski definition) is 5. The molecule has 2 aromatic carbocycles. The molecular formula is C22H24N2O3S. The molecule has 28 heavy (non-hydrogen) atoms. The molecule has 0 radical (unpaired) electrons. The van der Waals surface area contributed by atoms with Gasteiger partial charge in [-0.1, -0.05) is 36.4 Å². The van der Waals surface area contributed by atoms with Crippen LogP contribution >= 0.6 is 11.3 Å². The summed E-state index contributed by atoms with van der Waals surface area (Å²) < 4.78 is 1.31. The highest BCUT2D eigenvalue weighted by atomic mass is 32.1. The Kier molecular flexibility index (Phi) is 7.33. The number of carbonyl (C=O) groups is 1. The molecule has 0 unspecified atom stereocenters. The summed E-state index contributed by atoms with van der Waals surface area (Å²) in [6.07, 6.45) is 3.85. The number of aliphatic hydroxyl groups is 1. The van der Waals surface area contributed by atoms with Gasteiger partial charge in [-0.15, -0.1) is 11.3 Å². The lowest BCUT2D eigenvalue weighted by Crippen LogP contribution is -2.28. The summed E-state index contributed by atoms with van der Waals surface area (Å²) in [4.78, 5) is 13.3. The second-order valence-electron chi connectivity index (χ2n) is 6.55. The molecule has 0 atom stereocenters. The first-order chi connectivity index (χ1) is 13.7. The number of fused-ring (bicyclic) bond motifs is 1. The van der Waals surface area contributed by atoms with E-state index < -0.39 is 5.91 Å². The molecule has 0 aliphatic heterocycles. The molecule has 0 aliphatic carbocycles. The van der Waals surface area contributed by atoms with Gasteiger partial charge >= 0.3 is 0 Å². The summed E-state index contributed by atoms with van der Waals surface area (Å²) in [5, 5.41) is 21.4. The first-order valence-corrected chi connectivity index (χ1v) is 10.1. The zero-order valence-electron chi connectivity index (χ0n) is 15.5. The second kappa shape index (κ2) is 10.1. The van der Waals surface area contributed by atoms with Crippen molar-refractivity contribution in [3.63, 3.8) is 0 Å². The Morgan fingerprint density at radius 1 is 1.11 bits per heavy atom. The molecule has 1 amide bonds. The van der Waals surface area contributed by atoms with Gasteiger partial charge in [0.1, 0.15) is 0 Å². The Balaban J connectivity index is 1.62. The number of carbonyl (C=O) groups excluding carboxylic acids is 1. The third kappa shape index (κ3) is 5.50. The van der Waals surface area contributed by atoms with Gasteiger partial charge in [0.2, 0.25) is 0 Å².